The minimum absolute atomic E-state index is 0.664. The Morgan fingerprint density at radius 2 is 2.06 bits per heavy atom. The number of hydrogen-bond donors (Lipinski definition) is 1. The fourth-order valence-corrected chi connectivity index (χ4v) is 1.69. The molecule has 0 saturated carbocycles. The number of pyridine rings is 1. The van der Waals surface area contributed by atoms with E-state index in [1.165, 1.54) is 0 Å². The highest BCUT2D eigenvalue weighted by atomic mass is 32.2. The Morgan fingerprint density at radius 1 is 1.50 bits per heavy atom. The minimum Gasteiger partial charge on any atom is -0.258 e. The van der Waals surface area contributed by atoms with Gasteiger partial charge in [-0.3, -0.25) is 10.1 Å². The second-order valence-electron chi connectivity index (χ2n) is 2.66. The summed E-state index contributed by atoms with van der Waals surface area (Å²) in [5, 5.41) is 14.0. The van der Waals surface area contributed by atoms with Gasteiger partial charge in [0.05, 0.1) is 4.92 Å². The third kappa shape index (κ3) is 2.28. The van der Waals surface area contributed by atoms with Crippen LogP contribution in [0.5, 0.6) is 0 Å². The molecule has 0 radical (unpaired) electrons. The highest BCUT2D eigenvalue weighted by Gasteiger charge is 2.31. The van der Waals surface area contributed by atoms with Gasteiger partial charge >= 0.3 is 5.69 Å². The highest BCUT2D eigenvalue weighted by Crippen LogP contribution is 2.32. The largest absolute Gasteiger partial charge is 0.316 e. The third-order valence-corrected chi connectivity index (χ3v) is 2.45. The summed E-state index contributed by atoms with van der Waals surface area (Å²) < 4.78 is 46.6. The molecular weight excluding hydrogens is 248 g/mol. The first-order valence-corrected chi connectivity index (χ1v) is 5.24. The van der Waals surface area contributed by atoms with Gasteiger partial charge < -0.3 is 0 Å². The monoisotopic (exact) mass is 253 g/mol. The van der Waals surface area contributed by atoms with E-state index in [9.17, 15) is 27.3 Å². The molecular formula is C6H5F2N3O4S. The molecule has 88 valence electrons. The van der Waals surface area contributed by atoms with Gasteiger partial charge in [0, 0.05) is 6.20 Å². The number of primary sulfonamides is 1. The first-order chi connectivity index (χ1) is 7.25. The molecule has 0 amide bonds. The van der Waals surface area contributed by atoms with Crippen molar-refractivity contribution in [3.8, 4) is 0 Å². The van der Waals surface area contributed by atoms with E-state index in [4.69, 9.17) is 0 Å². The lowest BCUT2D eigenvalue weighted by Crippen LogP contribution is -2.17. The number of hydrogen-bond acceptors (Lipinski definition) is 5. The Labute approximate surface area is 88.1 Å². The maximum Gasteiger partial charge on any atom is 0.316 e. The van der Waals surface area contributed by atoms with Crippen LogP contribution in [-0.4, -0.2) is 18.3 Å². The van der Waals surface area contributed by atoms with Crippen LogP contribution in [0.2, 0.25) is 0 Å². The summed E-state index contributed by atoms with van der Waals surface area (Å²) in [5.41, 5.74) is -2.33. The summed E-state index contributed by atoms with van der Waals surface area (Å²) in [6.07, 6.45) is -2.47. The number of sulfonamides is 1. The van der Waals surface area contributed by atoms with Crippen molar-refractivity contribution in [1.29, 1.82) is 0 Å². The van der Waals surface area contributed by atoms with Crippen molar-refractivity contribution >= 4 is 15.7 Å². The summed E-state index contributed by atoms with van der Waals surface area (Å²) in [6, 6.07) is 0.664. The molecule has 0 bridgehead atoms. The molecule has 0 atom stereocenters. The standard InChI is InChI=1S/C6H5F2N3O4S/c7-5(8)3-1-2-10-6(16(9,14)15)4(3)11(12)13/h1-2,5H,(H2,9,14,15). The summed E-state index contributed by atoms with van der Waals surface area (Å²) in [5.74, 6) is 0. The molecule has 0 aliphatic rings. The third-order valence-electron chi connectivity index (χ3n) is 1.61. The number of nitrogens with two attached hydrogens (primary N) is 1. The van der Waals surface area contributed by atoms with Crippen molar-refractivity contribution in [2.45, 2.75) is 11.5 Å². The number of nitrogens with zero attached hydrogens (tertiary/aromatic N) is 2. The highest BCUT2D eigenvalue weighted by molar-refractivity contribution is 7.89. The lowest BCUT2D eigenvalue weighted by Gasteiger charge is -2.04. The number of rotatable bonds is 3. The predicted octanol–water partition coefficient (Wildman–Crippen LogP) is 0.575. The number of halogens is 2. The number of alkyl halides is 2. The first kappa shape index (κ1) is 12.4. The Balaban J connectivity index is 3.65. The van der Waals surface area contributed by atoms with E-state index in [0.29, 0.717) is 12.3 Å². The Hall–Kier alpha value is -1.68. The molecule has 1 heterocycles. The maximum atomic E-state index is 12.4. The average molecular weight is 253 g/mol. The molecule has 1 aromatic rings. The minimum atomic E-state index is -4.52. The lowest BCUT2D eigenvalue weighted by molar-refractivity contribution is -0.389. The van der Waals surface area contributed by atoms with E-state index < -0.39 is 37.6 Å². The van der Waals surface area contributed by atoms with Gasteiger partial charge in [0.1, 0.15) is 5.56 Å². The molecule has 2 N–H and O–H groups in total. The van der Waals surface area contributed by atoms with Crippen LogP contribution >= 0.6 is 0 Å². The lowest BCUT2D eigenvalue weighted by atomic mass is 10.2. The van der Waals surface area contributed by atoms with Crippen LogP contribution in [-0.2, 0) is 10.0 Å². The molecule has 1 rings (SSSR count). The smallest absolute Gasteiger partial charge is 0.258 e. The average Bonchev–Trinajstić information content (AvgIpc) is 2.14. The van der Waals surface area contributed by atoms with Gasteiger partial charge in [-0.15, -0.1) is 0 Å². The van der Waals surface area contributed by atoms with Crippen molar-refractivity contribution in [3.63, 3.8) is 0 Å². The summed E-state index contributed by atoms with van der Waals surface area (Å²) in [6.45, 7) is 0. The molecule has 0 spiro atoms. The van der Waals surface area contributed by atoms with Crippen molar-refractivity contribution < 1.29 is 22.1 Å². The topological polar surface area (TPSA) is 116 Å². The van der Waals surface area contributed by atoms with Crippen LogP contribution in [0.25, 0.3) is 0 Å². The zero-order valence-electron chi connectivity index (χ0n) is 7.50. The molecule has 0 unspecified atom stereocenters. The van der Waals surface area contributed by atoms with Crippen LogP contribution in [0.3, 0.4) is 0 Å². The van der Waals surface area contributed by atoms with Crippen LogP contribution in [0.4, 0.5) is 14.5 Å². The number of aromatic nitrogens is 1. The zero-order chi connectivity index (χ0) is 12.5. The van der Waals surface area contributed by atoms with Gasteiger partial charge in [0.15, 0.2) is 0 Å². The Kier molecular flexibility index (Phi) is 3.14. The Morgan fingerprint density at radius 3 is 2.44 bits per heavy atom. The van der Waals surface area contributed by atoms with E-state index in [-0.39, 0.29) is 0 Å². The molecule has 1 aromatic heterocycles. The van der Waals surface area contributed by atoms with Gasteiger partial charge in [-0.2, -0.15) is 0 Å². The molecule has 16 heavy (non-hydrogen) atoms. The Bertz CT molecular complexity index is 531. The van der Waals surface area contributed by atoms with Crippen LogP contribution < -0.4 is 5.14 Å². The fourth-order valence-electron chi connectivity index (χ4n) is 1.02. The van der Waals surface area contributed by atoms with Gasteiger partial charge in [0.2, 0.25) is 5.03 Å². The van der Waals surface area contributed by atoms with Crippen LogP contribution in [0.1, 0.15) is 12.0 Å². The van der Waals surface area contributed by atoms with E-state index >= 15 is 0 Å². The second kappa shape index (κ2) is 4.06. The SMILES string of the molecule is NS(=O)(=O)c1nccc(C(F)F)c1[N+](=O)[O-]. The van der Waals surface area contributed by atoms with Crippen molar-refractivity contribution in [1.82, 2.24) is 4.98 Å². The van der Waals surface area contributed by atoms with Crippen molar-refractivity contribution in [2.75, 3.05) is 0 Å². The molecule has 0 fully saturated rings. The first-order valence-electron chi connectivity index (χ1n) is 3.69. The van der Waals surface area contributed by atoms with Gasteiger partial charge in [-0.05, 0) is 6.07 Å². The molecule has 0 aliphatic carbocycles. The molecule has 10 heteroatoms. The second-order valence-corrected chi connectivity index (χ2v) is 4.13. The van der Waals surface area contributed by atoms with E-state index in [1.54, 1.807) is 0 Å². The molecule has 0 saturated heterocycles. The van der Waals surface area contributed by atoms with Gasteiger partial charge in [-0.25, -0.2) is 27.3 Å². The van der Waals surface area contributed by atoms with Crippen molar-refractivity contribution in [3.05, 3.63) is 27.9 Å². The summed E-state index contributed by atoms with van der Waals surface area (Å²) >= 11 is 0. The molecule has 0 aromatic carbocycles. The normalized spacial score (nSPS) is 11.8. The van der Waals surface area contributed by atoms with Crippen LogP contribution in [0.15, 0.2) is 17.3 Å². The fraction of sp³-hybridized carbons (Fsp3) is 0.167. The quantitative estimate of drug-likeness (QED) is 0.624. The van der Waals surface area contributed by atoms with Gasteiger partial charge in [-0.1, -0.05) is 0 Å². The summed E-state index contributed by atoms with van der Waals surface area (Å²) in [7, 11) is -4.52. The summed E-state index contributed by atoms with van der Waals surface area (Å²) in [4.78, 5) is 12.4. The van der Waals surface area contributed by atoms with Crippen LogP contribution in [0, 0.1) is 10.1 Å². The van der Waals surface area contributed by atoms with Gasteiger partial charge in [0.25, 0.3) is 16.4 Å². The zero-order valence-corrected chi connectivity index (χ0v) is 8.32. The number of nitro groups is 1. The predicted molar refractivity (Wildman–Crippen MR) is 47.2 cm³/mol. The molecule has 7 nitrogen and oxygen atoms in total. The van der Waals surface area contributed by atoms with Crippen molar-refractivity contribution in [2.24, 2.45) is 5.14 Å². The van der Waals surface area contributed by atoms with E-state index in [0.717, 1.165) is 0 Å². The maximum absolute atomic E-state index is 12.4. The molecule has 0 aliphatic heterocycles. The van der Waals surface area contributed by atoms with E-state index in [2.05, 4.69) is 10.1 Å². The van der Waals surface area contributed by atoms with E-state index in [1.807, 2.05) is 0 Å².